The van der Waals surface area contributed by atoms with Gasteiger partial charge in [0.15, 0.2) is 0 Å². The van der Waals surface area contributed by atoms with Crippen molar-refractivity contribution in [2.75, 3.05) is 18.4 Å². The standard InChI is InChI=1S/C33H33ClN6/c34-23-11-13-27(14-12-23)40-32-10-4-3-9-28(32)38-31-20-29(37-25-6-5-17-35-22-25)30(21-33(31)40)36-24-15-18-39(19-16-24)26-7-1-2-8-26/h3-6,9-14,17,20-22,24,26,37H,1-2,7-8,15-16,18-19H2. The highest BCUT2D eigenvalue weighted by atomic mass is 35.5. The van der Waals surface area contributed by atoms with Gasteiger partial charge in [-0.2, -0.15) is 0 Å². The average Bonchev–Trinajstić information content (AvgIpc) is 3.53. The number of nitrogens with one attached hydrogen (secondary N) is 1. The summed E-state index contributed by atoms with van der Waals surface area (Å²) in [5.41, 5.74) is 6.80. The van der Waals surface area contributed by atoms with Crippen LogP contribution in [0.3, 0.4) is 0 Å². The Labute approximate surface area is 239 Å². The molecular formula is C33H33ClN6. The number of nitrogens with zero attached hydrogens (tertiary/aromatic N) is 5. The molecule has 40 heavy (non-hydrogen) atoms. The fourth-order valence-corrected chi connectivity index (χ4v) is 6.48. The summed E-state index contributed by atoms with van der Waals surface area (Å²) in [4.78, 5) is 17.5. The van der Waals surface area contributed by atoms with Crippen molar-refractivity contribution in [2.45, 2.75) is 50.6 Å². The van der Waals surface area contributed by atoms with Crippen LogP contribution in [0.2, 0.25) is 5.02 Å². The molecule has 1 saturated carbocycles. The normalized spacial score (nSPS) is 17.7. The number of hydrogen-bond donors (Lipinski definition) is 1. The van der Waals surface area contributed by atoms with Gasteiger partial charge >= 0.3 is 0 Å². The molecule has 0 atom stereocenters. The van der Waals surface area contributed by atoms with Gasteiger partial charge in [-0.15, -0.1) is 0 Å². The minimum absolute atomic E-state index is 0.293. The summed E-state index contributed by atoms with van der Waals surface area (Å²) in [7, 11) is 0. The molecule has 6 nitrogen and oxygen atoms in total. The highest BCUT2D eigenvalue weighted by Crippen LogP contribution is 2.31. The van der Waals surface area contributed by atoms with Crippen LogP contribution in [0.1, 0.15) is 38.5 Å². The molecule has 1 aromatic heterocycles. The molecule has 0 radical (unpaired) electrons. The third-order valence-electron chi connectivity index (χ3n) is 8.38. The molecule has 7 heteroatoms. The first-order chi connectivity index (χ1) is 19.7. The summed E-state index contributed by atoms with van der Waals surface area (Å²) in [6.45, 7) is 2.27. The van der Waals surface area contributed by atoms with E-state index in [4.69, 9.17) is 21.6 Å². The molecule has 4 aliphatic rings. The van der Waals surface area contributed by atoms with Crippen LogP contribution in [0.4, 0.5) is 11.4 Å². The number of fused-ring (bicyclic) bond motifs is 2. The van der Waals surface area contributed by atoms with Crippen LogP contribution < -0.4 is 10.7 Å². The Balaban J connectivity index is 1.36. The molecule has 1 N–H and O–H groups in total. The molecule has 3 heterocycles. The van der Waals surface area contributed by atoms with E-state index in [9.17, 15) is 0 Å². The van der Waals surface area contributed by atoms with Crippen molar-refractivity contribution in [3.63, 3.8) is 0 Å². The van der Waals surface area contributed by atoms with Gasteiger partial charge in [0.2, 0.25) is 0 Å². The first-order valence-corrected chi connectivity index (χ1v) is 14.8. The van der Waals surface area contributed by atoms with E-state index in [2.05, 4.69) is 62.2 Å². The minimum Gasteiger partial charge on any atom is -0.352 e. The summed E-state index contributed by atoms with van der Waals surface area (Å²) in [6, 6.07) is 25.6. The van der Waals surface area contributed by atoms with Gasteiger partial charge in [0.05, 0.1) is 51.4 Å². The van der Waals surface area contributed by atoms with Crippen molar-refractivity contribution in [1.29, 1.82) is 0 Å². The maximum Gasteiger partial charge on any atom is 0.0900 e. The average molecular weight is 549 g/mol. The molecule has 0 bridgehead atoms. The van der Waals surface area contributed by atoms with Gasteiger partial charge in [-0.1, -0.05) is 36.6 Å². The first-order valence-electron chi connectivity index (χ1n) is 14.4. The molecule has 2 fully saturated rings. The van der Waals surface area contributed by atoms with Crippen molar-refractivity contribution in [3.05, 3.63) is 95.6 Å². The largest absolute Gasteiger partial charge is 0.352 e. The van der Waals surface area contributed by atoms with Gasteiger partial charge in [-0.05, 0) is 86.3 Å². The molecule has 0 spiro atoms. The molecule has 0 amide bonds. The lowest BCUT2D eigenvalue weighted by atomic mass is 10.0. The monoisotopic (exact) mass is 548 g/mol. The molecule has 2 aliphatic heterocycles. The van der Waals surface area contributed by atoms with Gasteiger partial charge in [0, 0.05) is 36.0 Å². The van der Waals surface area contributed by atoms with E-state index < -0.39 is 0 Å². The lowest BCUT2D eigenvalue weighted by Crippen LogP contribution is -2.41. The van der Waals surface area contributed by atoms with Crippen LogP contribution in [0, 0.1) is 0 Å². The topological polar surface area (TPSA) is 58.3 Å². The second kappa shape index (κ2) is 11.0. The van der Waals surface area contributed by atoms with E-state index in [1.807, 2.05) is 36.5 Å². The number of halogens is 1. The van der Waals surface area contributed by atoms with Crippen LogP contribution in [0.5, 0.6) is 0 Å². The van der Waals surface area contributed by atoms with Gasteiger partial charge < -0.3 is 14.8 Å². The first kappa shape index (κ1) is 25.2. The number of anilines is 2. The Morgan fingerprint density at radius 2 is 1.68 bits per heavy atom. The zero-order chi connectivity index (χ0) is 26.9. The highest BCUT2D eigenvalue weighted by molar-refractivity contribution is 6.30. The number of hydrogen-bond acceptors (Lipinski definition) is 5. The Kier molecular flexibility index (Phi) is 6.96. The predicted octanol–water partition coefficient (Wildman–Crippen LogP) is 7.23. The van der Waals surface area contributed by atoms with Crippen LogP contribution in [-0.4, -0.2) is 44.6 Å². The van der Waals surface area contributed by atoms with E-state index in [1.54, 1.807) is 6.20 Å². The Bertz CT molecular complexity index is 1650. The van der Waals surface area contributed by atoms with Crippen molar-refractivity contribution >= 4 is 34.0 Å². The Hall–Kier alpha value is -3.74. The highest BCUT2D eigenvalue weighted by Gasteiger charge is 2.27. The fourth-order valence-electron chi connectivity index (χ4n) is 6.36. The SMILES string of the molecule is Clc1ccc(-n2c3cc(=NC4CCN(C5CCCC5)CC4)c(Nc4cccnc4)cc-3nc3ccccc32)cc1. The quantitative estimate of drug-likeness (QED) is 0.235. The van der Waals surface area contributed by atoms with Gasteiger partial charge in [0.1, 0.15) is 0 Å². The Morgan fingerprint density at radius 3 is 2.45 bits per heavy atom. The number of rotatable bonds is 5. The van der Waals surface area contributed by atoms with Gasteiger partial charge in [0.25, 0.3) is 0 Å². The minimum atomic E-state index is 0.293. The number of pyridine rings is 1. The van der Waals surface area contributed by atoms with Crippen molar-refractivity contribution < 1.29 is 0 Å². The number of piperidine rings is 1. The smallest absolute Gasteiger partial charge is 0.0900 e. The maximum absolute atomic E-state index is 6.27. The molecule has 2 aliphatic carbocycles. The molecule has 202 valence electrons. The van der Waals surface area contributed by atoms with E-state index in [-0.39, 0.29) is 0 Å². The molecular weight excluding hydrogens is 516 g/mol. The summed E-state index contributed by atoms with van der Waals surface area (Å²) >= 11 is 6.27. The van der Waals surface area contributed by atoms with E-state index in [1.165, 1.54) is 25.7 Å². The number of aromatic nitrogens is 3. The summed E-state index contributed by atoms with van der Waals surface area (Å²) in [6.07, 6.45) is 11.3. The summed E-state index contributed by atoms with van der Waals surface area (Å²) in [5, 5.41) is 5.26. The zero-order valence-corrected chi connectivity index (χ0v) is 23.3. The van der Waals surface area contributed by atoms with Gasteiger partial charge in [-0.3, -0.25) is 9.98 Å². The second-order valence-electron chi connectivity index (χ2n) is 11.0. The Morgan fingerprint density at radius 1 is 0.875 bits per heavy atom. The summed E-state index contributed by atoms with van der Waals surface area (Å²) in [5.74, 6) is 0. The van der Waals surface area contributed by atoms with Crippen molar-refractivity contribution in [3.8, 4) is 17.1 Å². The number of benzene rings is 3. The van der Waals surface area contributed by atoms with Crippen LogP contribution in [-0.2, 0) is 0 Å². The lowest BCUT2D eigenvalue weighted by molar-refractivity contribution is 0.154. The lowest BCUT2D eigenvalue weighted by Gasteiger charge is -2.34. The molecule has 3 aromatic rings. The zero-order valence-electron chi connectivity index (χ0n) is 22.5. The predicted molar refractivity (Wildman–Crippen MR) is 163 cm³/mol. The van der Waals surface area contributed by atoms with Crippen molar-refractivity contribution in [2.24, 2.45) is 4.99 Å². The van der Waals surface area contributed by atoms with Crippen molar-refractivity contribution in [1.82, 2.24) is 19.4 Å². The molecule has 7 rings (SSSR count). The van der Waals surface area contributed by atoms with Crippen LogP contribution in [0.25, 0.3) is 28.1 Å². The fraction of sp³-hybridized carbons (Fsp3) is 0.303. The molecule has 0 unspecified atom stereocenters. The van der Waals surface area contributed by atoms with E-state index in [0.29, 0.717) is 6.04 Å². The summed E-state index contributed by atoms with van der Waals surface area (Å²) < 4.78 is 2.27. The maximum atomic E-state index is 6.27. The third-order valence-corrected chi connectivity index (χ3v) is 8.64. The van der Waals surface area contributed by atoms with Crippen LogP contribution in [0.15, 0.2) is 90.2 Å². The number of para-hydroxylation sites is 2. The molecule has 1 saturated heterocycles. The molecule has 2 aromatic carbocycles. The van der Waals surface area contributed by atoms with Crippen LogP contribution >= 0.6 is 11.6 Å². The second-order valence-corrected chi connectivity index (χ2v) is 11.4. The third kappa shape index (κ3) is 5.09. The van der Waals surface area contributed by atoms with E-state index >= 15 is 0 Å². The number of likely N-dealkylation sites (tertiary alicyclic amines) is 1. The van der Waals surface area contributed by atoms with Gasteiger partial charge in [-0.25, -0.2) is 4.98 Å². The van der Waals surface area contributed by atoms with E-state index in [0.717, 1.165) is 81.8 Å².